The van der Waals surface area contributed by atoms with Crippen molar-refractivity contribution in [2.75, 3.05) is 19.0 Å². The van der Waals surface area contributed by atoms with Gasteiger partial charge in [0.25, 0.3) is 0 Å². The number of carbonyl (C=O) groups is 2. The molecule has 150 valence electrons. The molecule has 3 rings (SSSR count). The van der Waals surface area contributed by atoms with E-state index >= 15 is 0 Å². The standard InChI is InChI=1S/C21H21BrN4O3/c1-3-29-20(27)19-11-12-26(24-19)18-6-4-5-17(13-18)23-21(28)25(2)14-15-7-9-16(22)10-8-15/h4-13H,3,14H2,1-2H3,(H,23,28). The van der Waals surface area contributed by atoms with E-state index in [-0.39, 0.29) is 11.7 Å². The summed E-state index contributed by atoms with van der Waals surface area (Å²) in [7, 11) is 1.74. The van der Waals surface area contributed by atoms with Crippen LogP contribution in [0.4, 0.5) is 10.5 Å². The van der Waals surface area contributed by atoms with E-state index < -0.39 is 5.97 Å². The smallest absolute Gasteiger partial charge is 0.358 e. The van der Waals surface area contributed by atoms with E-state index in [2.05, 4.69) is 26.3 Å². The number of amides is 2. The van der Waals surface area contributed by atoms with E-state index in [4.69, 9.17) is 4.74 Å². The van der Waals surface area contributed by atoms with Crippen LogP contribution in [-0.2, 0) is 11.3 Å². The molecule has 0 saturated heterocycles. The zero-order chi connectivity index (χ0) is 20.8. The van der Waals surface area contributed by atoms with Crippen molar-refractivity contribution in [2.24, 2.45) is 0 Å². The second-order valence-electron chi connectivity index (χ2n) is 6.33. The first-order chi connectivity index (χ1) is 14.0. The van der Waals surface area contributed by atoms with Gasteiger partial charge in [-0.1, -0.05) is 34.1 Å². The molecular formula is C21H21BrN4O3. The van der Waals surface area contributed by atoms with Crippen molar-refractivity contribution in [1.82, 2.24) is 14.7 Å². The zero-order valence-electron chi connectivity index (χ0n) is 16.1. The van der Waals surface area contributed by atoms with Gasteiger partial charge in [0.1, 0.15) is 0 Å². The molecule has 1 heterocycles. The van der Waals surface area contributed by atoms with Gasteiger partial charge in [-0.25, -0.2) is 14.3 Å². The largest absolute Gasteiger partial charge is 0.461 e. The Morgan fingerprint density at radius 1 is 1.17 bits per heavy atom. The van der Waals surface area contributed by atoms with Crippen LogP contribution in [0.1, 0.15) is 23.0 Å². The van der Waals surface area contributed by atoms with Gasteiger partial charge in [0, 0.05) is 29.9 Å². The van der Waals surface area contributed by atoms with Gasteiger partial charge in [0.15, 0.2) is 5.69 Å². The number of carbonyl (C=O) groups excluding carboxylic acids is 2. The number of benzene rings is 2. The molecule has 8 heteroatoms. The molecule has 1 N–H and O–H groups in total. The number of aromatic nitrogens is 2. The molecule has 0 spiro atoms. The Morgan fingerprint density at radius 2 is 1.93 bits per heavy atom. The Labute approximate surface area is 177 Å². The highest BCUT2D eigenvalue weighted by Crippen LogP contribution is 2.16. The molecule has 3 aromatic rings. The lowest BCUT2D eigenvalue weighted by molar-refractivity contribution is 0.0519. The minimum absolute atomic E-state index is 0.224. The first-order valence-electron chi connectivity index (χ1n) is 9.06. The molecular weight excluding hydrogens is 436 g/mol. The third-order valence-corrected chi connectivity index (χ3v) is 4.64. The molecule has 0 aliphatic rings. The minimum atomic E-state index is -0.467. The molecule has 0 saturated carbocycles. The first-order valence-corrected chi connectivity index (χ1v) is 9.85. The lowest BCUT2D eigenvalue weighted by atomic mass is 10.2. The second-order valence-corrected chi connectivity index (χ2v) is 7.24. The van der Waals surface area contributed by atoms with Crippen molar-refractivity contribution in [2.45, 2.75) is 13.5 Å². The van der Waals surface area contributed by atoms with Crippen LogP contribution in [0.3, 0.4) is 0 Å². The third-order valence-electron chi connectivity index (χ3n) is 4.12. The normalized spacial score (nSPS) is 10.4. The first kappa shape index (κ1) is 20.6. The lowest BCUT2D eigenvalue weighted by Gasteiger charge is -2.18. The number of hydrogen-bond acceptors (Lipinski definition) is 4. The molecule has 7 nitrogen and oxygen atoms in total. The fraction of sp³-hybridized carbons (Fsp3) is 0.190. The maximum atomic E-state index is 12.5. The highest BCUT2D eigenvalue weighted by atomic mass is 79.9. The summed E-state index contributed by atoms with van der Waals surface area (Å²) in [5.41, 5.74) is 2.61. The van der Waals surface area contributed by atoms with Gasteiger partial charge < -0.3 is 15.0 Å². The predicted molar refractivity (Wildman–Crippen MR) is 114 cm³/mol. The Hall–Kier alpha value is -3.13. The number of anilines is 1. The fourth-order valence-electron chi connectivity index (χ4n) is 2.66. The molecule has 0 radical (unpaired) electrons. The second kappa shape index (κ2) is 9.38. The van der Waals surface area contributed by atoms with Crippen molar-refractivity contribution >= 4 is 33.6 Å². The van der Waals surface area contributed by atoms with Crippen LogP contribution in [0.15, 0.2) is 65.3 Å². The molecule has 0 unspecified atom stereocenters. The van der Waals surface area contributed by atoms with Crippen LogP contribution in [0.5, 0.6) is 0 Å². The van der Waals surface area contributed by atoms with E-state index in [9.17, 15) is 9.59 Å². The van der Waals surface area contributed by atoms with Gasteiger partial charge >= 0.3 is 12.0 Å². The average Bonchev–Trinajstić information content (AvgIpc) is 3.20. The quantitative estimate of drug-likeness (QED) is 0.554. The highest BCUT2D eigenvalue weighted by Gasteiger charge is 2.12. The monoisotopic (exact) mass is 456 g/mol. The summed E-state index contributed by atoms with van der Waals surface area (Å²) in [6.45, 7) is 2.52. The van der Waals surface area contributed by atoms with Crippen LogP contribution >= 0.6 is 15.9 Å². The molecule has 0 atom stereocenters. The van der Waals surface area contributed by atoms with Gasteiger partial charge in [0.05, 0.1) is 12.3 Å². The Balaban J connectivity index is 1.67. The molecule has 1 aromatic heterocycles. The number of urea groups is 1. The molecule has 0 bridgehead atoms. The zero-order valence-corrected chi connectivity index (χ0v) is 17.7. The van der Waals surface area contributed by atoms with Crippen molar-refractivity contribution < 1.29 is 14.3 Å². The van der Waals surface area contributed by atoms with E-state index in [0.717, 1.165) is 10.0 Å². The third kappa shape index (κ3) is 5.45. The molecule has 0 aliphatic carbocycles. The number of hydrogen-bond donors (Lipinski definition) is 1. The summed E-state index contributed by atoms with van der Waals surface area (Å²) >= 11 is 3.40. The SMILES string of the molecule is CCOC(=O)c1ccn(-c2cccc(NC(=O)N(C)Cc3ccc(Br)cc3)c2)n1. The highest BCUT2D eigenvalue weighted by molar-refractivity contribution is 9.10. The van der Waals surface area contributed by atoms with Gasteiger partial charge in [-0.15, -0.1) is 0 Å². The predicted octanol–water partition coefficient (Wildman–Crippen LogP) is 4.48. The van der Waals surface area contributed by atoms with Gasteiger partial charge in [0.2, 0.25) is 0 Å². The number of halogens is 1. The van der Waals surface area contributed by atoms with Crippen molar-refractivity contribution in [3.8, 4) is 5.69 Å². The average molecular weight is 457 g/mol. The van der Waals surface area contributed by atoms with E-state index in [0.29, 0.717) is 24.5 Å². The summed E-state index contributed by atoms with van der Waals surface area (Å²) in [6, 6.07) is 16.4. The molecule has 29 heavy (non-hydrogen) atoms. The fourth-order valence-corrected chi connectivity index (χ4v) is 2.93. The van der Waals surface area contributed by atoms with E-state index in [1.165, 1.54) is 0 Å². The number of nitrogens with zero attached hydrogens (tertiary/aromatic N) is 3. The molecule has 0 aliphatic heterocycles. The Kier molecular flexibility index (Phi) is 6.66. The Morgan fingerprint density at radius 3 is 2.66 bits per heavy atom. The van der Waals surface area contributed by atoms with Crippen molar-refractivity contribution in [3.05, 3.63) is 76.5 Å². The maximum absolute atomic E-state index is 12.5. The van der Waals surface area contributed by atoms with Gasteiger partial charge in [-0.3, -0.25) is 0 Å². The number of esters is 1. The lowest BCUT2D eigenvalue weighted by Crippen LogP contribution is -2.30. The molecule has 2 amide bonds. The van der Waals surface area contributed by atoms with Gasteiger partial charge in [-0.05, 0) is 48.9 Å². The number of rotatable bonds is 6. The van der Waals surface area contributed by atoms with E-state index in [1.54, 1.807) is 47.9 Å². The summed E-state index contributed by atoms with van der Waals surface area (Å²) in [5, 5.41) is 7.11. The summed E-state index contributed by atoms with van der Waals surface area (Å²) in [5.74, 6) is -0.467. The molecule has 2 aromatic carbocycles. The minimum Gasteiger partial charge on any atom is -0.461 e. The topological polar surface area (TPSA) is 76.5 Å². The van der Waals surface area contributed by atoms with Crippen molar-refractivity contribution in [3.63, 3.8) is 0 Å². The van der Waals surface area contributed by atoms with Crippen LogP contribution in [0.25, 0.3) is 5.69 Å². The van der Waals surface area contributed by atoms with Crippen LogP contribution < -0.4 is 5.32 Å². The molecule has 0 fully saturated rings. The maximum Gasteiger partial charge on any atom is 0.358 e. The van der Waals surface area contributed by atoms with E-state index in [1.807, 2.05) is 36.4 Å². The van der Waals surface area contributed by atoms with Crippen LogP contribution in [0.2, 0.25) is 0 Å². The summed E-state index contributed by atoms with van der Waals surface area (Å²) in [4.78, 5) is 25.9. The number of ether oxygens (including phenoxy) is 1. The summed E-state index contributed by atoms with van der Waals surface area (Å²) in [6.07, 6.45) is 1.67. The Bertz CT molecular complexity index is 1000. The van der Waals surface area contributed by atoms with Crippen LogP contribution in [-0.4, -0.2) is 40.3 Å². The van der Waals surface area contributed by atoms with Crippen LogP contribution in [0, 0.1) is 0 Å². The van der Waals surface area contributed by atoms with Gasteiger partial charge in [-0.2, -0.15) is 5.10 Å². The number of nitrogens with one attached hydrogen (secondary N) is 1. The summed E-state index contributed by atoms with van der Waals surface area (Å²) < 4.78 is 7.51. The van der Waals surface area contributed by atoms with Crippen molar-refractivity contribution in [1.29, 1.82) is 0 Å².